The molecule has 3 heterocycles. The Kier molecular flexibility index (Phi) is 3.47. The van der Waals surface area contributed by atoms with E-state index in [1.54, 1.807) is 30.1 Å². The van der Waals surface area contributed by atoms with Crippen LogP contribution in [0, 0.1) is 0 Å². The molecule has 0 aliphatic rings. The molecule has 4 aromatic rings. The second-order valence-electron chi connectivity index (χ2n) is 4.67. The third-order valence-electron chi connectivity index (χ3n) is 3.36. The summed E-state index contributed by atoms with van der Waals surface area (Å²) < 4.78 is 12.4. The Morgan fingerprint density at radius 2 is 1.91 bits per heavy atom. The van der Waals surface area contributed by atoms with E-state index in [4.69, 9.17) is 9.47 Å². The minimum Gasteiger partial charge on any atom is -0.493 e. The maximum absolute atomic E-state index is 5.36. The minimum absolute atomic E-state index is 0.675. The SMILES string of the molecule is COc1ccc(-c2nn3c(-c4cccs4)nnc3s2)cc1OC. The van der Waals surface area contributed by atoms with Crippen LogP contribution in [0.1, 0.15) is 0 Å². The summed E-state index contributed by atoms with van der Waals surface area (Å²) in [4.78, 5) is 1.81. The highest BCUT2D eigenvalue weighted by atomic mass is 32.1. The molecule has 3 aromatic heterocycles. The van der Waals surface area contributed by atoms with E-state index >= 15 is 0 Å². The van der Waals surface area contributed by atoms with E-state index in [-0.39, 0.29) is 0 Å². The van der Waals surface area contributed by atoms with Crippen LogP contribution in [0.5, 0.6) is 11.5 Å². The fourth-order valence-corrected chi connectivity index (χ4v) is 3.79. The molecule has 6 nitrogen and oxygen atoms in total. The molecule has 0 amide bonds. The topological polar surface area (TPSA) is 61.5 Å². The first-order valence-corrected chi connectivity index (χ1v) is 8.48. The van der Waals surface area contributed by atoms with Crippen molar-refractivity contribution in [3.8, 4) is 32.8 Å². The second-order valence-corrected chi connectivity index (χ2v) is 6.58. The molecule has 0 radical (unpaired) electrons. The molecule has 1 aromatic carbocycles. The van der Waals surface area contributed by atoms with E-state index in [2.05, 4.69) is 15.3 Å². The molecule has 4 rings (SSSR count). The fourth-order valence-electron chi connectivity index (χ4n) is 2.26. The molecule has 116 valence electrons. The number of hydrogen-bond donors (Lipinski definition) is 0. The van der Waals surface area contributed by atoms with Crippen LogP contribution >= 0.6 is 22.7 Å². The summed E-state index contributed by atoms with van der Waals surface area (Å²) in [6.45, 7) is 0. The molecule has 0 saturated heterocycles. The molecule has 0 unspecified atom stereocenters. The zero-order valence-electron chi connectivity index (χ0n) is 12.4. The van der Waals surface area contributed by atoms with Crippen molar-refractivity contribution in [1.82, 2.24) is 19.8 Å². The van der Waals surface area contributed by atoms with Crippen LogP contribution in [-0.2, 0) is 0 Å². The highest BCUT2D eigenvalue weighted by Crippen LogP contribution is 2.35. The molecule has 0 aliphatic carbocycles. The Morgan fingerprint density at radius 1 is 1.04 bits per heavy atom. The van der Waals surface area contributed by atoms with Gasteiger partial charge in [-0.05, 0) is 29.6 Å². The van der Waals surface area contributed by atoms with Crippen molar-refractivity contribution in [3.63, 3.8) is 0 Å². The molecule has 23 heavy (non-hydrogen) atoms. The Balaban J connectivity index is 1.81. The number of thiophene rings is 1. The lowest BCUT2D eigenvalue weighted by Gasteiger charge is -2.07. The van der Waals surface area contributed by atoms with Gasteiger partial charge in [0, 0.05) is 5.56 Å². The number of benzene rings is 1. The van der Waals surface area contributed by atoms with E-state index in [0.29, 0.717) is 11.5 Å². The second kappa shape index (κ2) is 5.64. The van der Waals surface area contributed by atoms with Gasteiger partial charge < -0.3 is 9.47 Å². The summed E-state index contributed by atoms with van der Waals surface area (Å²) in [6, 6.07) is 9.74. The monoisotopic (exact) mass is 344 g/mol. The highest BCUT2D eigenvalue weighted by Gasteiger charge is 2.16. The van der Waals surface area contributed by atoms with Crippen molar-refractivity contribution in [1.29, 1.82) is 0 Å². The van der Waals surface area contributed by atoms with Gasteiger partial charge in [0.05, 0.1) is 19.1 Å². The minimum atomic E-state index is 0.675. The molecule has 0 fully saturated rings. The molecule has 0 aliphatic heterocycles. The number of aromatic nitrogens is 4. The van der Waals surface area contributed by atoms with E-state index in [0.717, 1.165) is 26.2 Å². The Hall–Kier alpha value is -2.45. The Morgan fingerprint density at radius 3 is 2.65 bits per heavy atom. The molecule has 0 N–H and O–H groups in total. The normalized spacial score (nSPS) is 11.0. The zero-order valence-corrected chi connectivity index (χ0v) is 14.0. The van der Waals surface area contributed by atoms with Crippen molar-refractivity contribution in [3.05, 3.63) is 35.7 Å². The van der Waals surface area contributed by atoms with Crippen molar-refractivity contribution in [2.24, 2.45) is 0 Å². The zero-order chi connectivity index (χ0) is 15.8. The summed E-state index contributed by atoms with van der Waals surface area (Å²) in [5, 5.41) is 16.0. The summed E-state index contributed by atoms with van der Waals surface area (Å²) in [5.74, 6) is 2.13. The summed E-state index contributed by atoms with van der Waals surface area (Å²) in [5.41, 5.74) is 0.954. The smallest absolute Gasteiger partial charge is 0.235 e. The van der Waals surface area contributed by atoms with Gasteiger partial charge in [-0.1, -0.05) is 17.4 Å². The van der Waals surface area contributed by atoms with E-state index in [1.807, 2.05) is 35.7 Å². The van der Waals surface area contributed by atoms with Crippen molar-refractivity contribution >= 4 is 27.6 Å². The molecule has 8 heteroatoms. The average Bonchev–Trinajstić information content (AvgIpc) is 3.30. The van der Waals surface area contributed by atoms with Crippen LogP contribution in [0.15, 0.2) is 35.7 Å². The maximum Gasteiger partial charge on any atom is 0.235 e. The van der Waals surface area contributed by atoms with Gasteiger partial charge in [0.15, 0.2) is 17.3 Å². The van der Waals surface area contributed by atoms with Crippen molar-refractivity contribution < 1.29 is 9.47 Å². The van der Waals surface area contributed by atoms with Gasteiger partial charge in [0.25, 0.3) is 0 Å². The third-order valence-corrected chi connectivity index (χ3v) is 5.18. The van der Waals surface area contributed by atoms with Crippen LogP contribution in [0.2, 0.25) is 0 Å². The van der Waals surface area contributed by atoms with E-state index in [9.17, 15) is 0 Å². The van der Waals surface area contributed by atoms with E-state index in [1.165, 1.54) is 11.3 Å². The summed E-state index contributed by atoms with van der Waals surface area (Å²) in [7, 11) is 3.24. The summed E-state index contributed by atoms with van der Waals surface area (Å²) >= 11 is 3.10. The lowest BCUT2D eigenvalue weighted by Crippen LogP contribution is -1.92. The average molecular weight is 344 g/mol. The van der Waals surface area contributed by atoms with Gasteiger partial charge in [-0.2, -0.15) is 9.61 Å². The number of hydrogen-bond acceptors (Lipinski definition) is 7. The fraction of sp³-hybridized carbons (Fsp3) is 0.133. The standard InChI is InChI=1S/C15H12N4O2S2/c1-20-10-6-5-9(8-11(10)21-2)14-18-19-13(12-4-3-7-22-12)16-17-15(19)23-14/h3-8H,1-2H3. The quantitative estimate of drug-likeness (QED) is 0.566. The number of fused-ring (bicyclic) bond motifs is 1. The van der Waals surface area contributed by atoms with Crippen LogP contribution in [0.3, 0.4) is 0 Å². The van der Waals surface area contributed by atoms with Gasteiger partial charge in [0.2, 0.25) is 4.96 Å². The largest absolute Gasteiger partial charge is 0.493 e. The Bertz CT molecular complexity index is 959. The van der Waals surface area contributed by atoms with Gasteiger partial charge in [-0.3, -0.25) is 0 Å². The van der Waals surface area contributed by atoms with E-state index < -0.39 is 0 Å². The number of ether oxygens (including phenoxy) is 2. The molecular formula is C15H12N4O2S2. The molecule has 0 saturated carbocycles. The maximum atomic E-state index is 5.36. The van der Waals surface area contributed by atoms with Gasteiger partial charge in [0.1, 0.15) is 5.01 Å². The number of rotatable bonds is 4. The predicted octanol–water partition coefficient (Wildman–Crippen LogP) is 3.60. The lowest BCUT2D eigenvalue weighted by atomic mass is 10.2. The van der Waals surface area contributed by atoms with Crippen LogP contribution in [0.4, 0.5) is 0 Å². The molecule has 0 atom stereocenters. The van der Waals surface area contributed by atoms with Gasteiger partial charge >= 0.3 is 0 Å². The predicted molar refractivity (Wildman–Crippen MR) is 90.5 cm³/mol. The molecular weight excluding hydrogens is 332 g/mol. The number of methoxy groups -OCH3 is 2. The first-order chi connectivity index (χ1) is 11.3. The number of nitrogens with zero attached hydrogens (tertiary/aromatic N) is 4. The highest BCUT2D eigenvalue weighted by molar-refractivity contribution is 7.19. The third kappa shape index (κ3) is 2.36. The molecule has 0 bridgehead atoms. The first kappa shape index (κ1) is 14.2. The van der Waals surface area contributed by atoms with Crippen LogP contribution in [-0.4, -0.2) is 34.0 Å². The van der Waals surface area contributed by atoms with Crippen LogP contribution < -0.4 is 9.47 Å². The van der Waals surface area contributed by atoms with Crippen molar-refractivity contribution in [2.45, 2.75) is 0 Å². The first-order valence-electron chi connectivity index (χ1n) is 6.78. The van der Waals surface area contributed by atoms with Crippen molar-refractivity contribution in [2.75, 3.05) is 14.2 Å². The molecule has 0 spiro atoms. The van der Waals surface area contributed by atoms with Crippen LogP contribution in [0.25, 0.3) is 26.2 Å². The lowest BCUT2D eigenvalue weighted by molar-refractivity contribution is 0.355. The van der Waals surface area contributed by atoms with Gasteiger partial charge in [-0.15, -0.1) is 21.5 Å². The Labute approximate surface area is 139 Å². The summed E-state index contributed by atoms with van der Waals surface area (Å²) in [6.07, 6.45) is 0. The van der Waals surface area contributed by atoms with Gasteiger partial charge in [-0.25, -0.2) is 0 Å².